The molecule has 150 valence electrons. The van der Waals surface area contributed by atoms with Gasteiger partial charge in [0.15, 0.2) is 6.61 Å². The van der Waals surface area contributed by atoms with Gasteiger partial charge >= 0.3 is 5.97 Å². The van der Waals surface area contributed by atoms with Gasteiger partial charge in [0.25, 0.3) is 5.91 Å². The van der Waals surface area contributed by atoms with Gasteiger partial charge in [-0.25, -0.2) is 4.79 Å². The summed E-state index contributed by atoms with van der Waals surface area (Å²) < 4.78 is 10.8. The Morgan fingerprint density at radius 1 is 1.25 bits per heavy atom. The Kier molecular flexibility index (Phi) is 4.97. The second-order valence-electron chi connectivity index (χ2n) is 7.70. The number of amides is 2. The Morgan fingerprint density at radius 3 is 2.75 bits per heavy atom. The number of benzene rings is 1. The summed E-state index contributed by atoms with van der Waals surface area (Å²) in [6.45, 7) is 5.32. The van der Waals surface area contributed by atoms with Crippen LogP contribution >= 0.6 is 0 Å². The van der Waals surface area contributed by atoms with E-state index in [4.69, 9.17) is 9.47 Å². The number of nitrogens with zero attached hydrogens (tertiary/aromatic N) is 2. The number of hydrogen-bond donors (Lipinski definition) is 1. The normalized spacial score (nSPS) is 26.4. The molecule has 0 bridgehead atoms. The standard InChI is InChI=1S/C20H25N3O5/c1-12-9-22(10-13(2)28-12)18(24)11-27-20(26)14-5-6-16-15(8-14)21-19(25)17-4-3-7-23(16)17/h5-6,8,12-13,17H,3-4,7,9-11H2,1-2H3,(H,21,25)/t12-,13-,17+/m0/s1. The Hall–Kier alpha value is -2.61. The van der Waals surface area contributed by atoms with E-state index in [1.54, 1.807) is 17.0 Å². The molecule has 4 rings (SSSR count). The van der Waals surface area contributed by atoms with Crippen molar-refractivity contribution in [3.63, 3.8) is 0 Å². The first-order valence-electron chi connectivity index (χ1n) is 9.74. The number of carbonyl (C=O) groups excluding carboxylic acids is 3. The molecule has 8 nitrogen and oxygen atoms in total. The largest absolute Gasteiger partial charge is 0.452 e. The van der Waals surface area contributed by atoms with Gasteiger partial charge in [-0.05, 0) is 44.9 Å². The van der Waals surface area contributed by atoms with Gasteiger partial charge < -0.3 is 24.6 Å². The molecule has 3 aliphatic rings. The molecule has 0 spiro atoms. The van der Waals surface area contributed by atoms with E-state index in [2.05, 4.69) is 10.2 Å². The zero-order chi connectivity index (χ0) is 19.8. The van der Waals surface area contributed by atoms with Crippen LogP contribution in [0.25, 0.3) is 0 Å². The quantitative estimate of drug-likeness (QED) is 0.789. The van der Waals surface area contributed by atoms with Crippen LogP contribution in [0.5, 0.6) is 0 Å². The number of nitrogens with one attached hydrogen (secondary N) is 1. The highest BCUT2D eigenvalue weighted by Gasteiger charge is 2.36. The molecule has 3 heterocycles. The molecule has 1 aromatic carbocycles. The predicted octanol–water partition coefficient (Wildman–Crippen LogP) is 1.40. The average Bonchev–Trinajstić information content (AvgIpc) is 3.15. The number of anilines is 2. The topological polar surface area (TPSA) is 88.2 Å². The smallest absolute Gasteiger partial charge is 0.338 e. The maximum atomic E-state index is 12.4. The summed E-state index contributed by atoms with van der Waals surface area (Å²) in [7, 11) is 0. The maximum absolute atomic E-state index is 12.4. The molecule has 1 N–H and O–H groups in total. The van der Waals surface area contributed by atoms with Gasteiger partial charge in [-0.15, -0.1) is 0 Å². The number of hydrogen-bond acceptors (Lipinski definition) is 6. The van der Waals surface area contributed by atoms with Crippen molar-refractivity contribution in [2.24, 2.45) is 0 Å². The van der Waals surface area contributed by atoms with Crippen molar-refractivity contribution in [3.8, 4) is 0 Å². The van der Waals surface area contributed by atoms with Crippen LogP contribution in [0.3, 0.4) is 0 Å². The Bertz CT molecular complexity index is 801. The zero-order valence-corrected chi connectivity index (χ0v) is 16.1. The summed E-state index contributed by atoms with van der Waals surface area (Å²) in [5, 5.41) is 2.88. The molecule has 0 aliphatic carbocycles. The highest BCUT2D eigenvalue weighted by atomic mass is 16.5. The number of ether oxygens (including phenoxy) is 2. The van der Waals surface area contributed by atoms with Crippen molar-refractivity contribution in [2.45, 2.75) is 44.9 Å². The highest BCUT2D eigenvalue weighted by molar-refractivity contribution is 6.05. The van der Waals surface area contributed by atoms with E-state index in [-0.39, 0.29) is 36.7 Å². The van der Waals surface area contributed by atoms with E-state index >= 15 is 0 Å². The summed E-state index contributed by atoms with van der Waals surface area (Å²) in [4.78, 5) is 40.7. The van der Waals surface area contributed by atoms with Crippen LogP contribution in [-0.4, -0.2) is 67.2 Å². The first-order chi connectivity index (χ1) is 13.4. The van der Waals surface area contributed by atoms with Gasteiger partial charge in [-0.1, -0.05) is 0 Å². The maximum Gasteiger partial charge on any atom is 0.338 e. The second-order valence-corrected chi connectivity index (χ2v) is 7.70. The molecular formula is C20H25N3O5. The van der Waals surface area contributed by atoms with Crippen molar-refractivity contribution in [1.29, 1.82) is 0 Å². The number of morpholine rings is 1. The number of rotatable bonds is 3. The lowest BCUT2D eigenvalue weighted by Gasteiger charge is -2.35. The molecule has 2 amide bonds. The fourth-order valence-corrected chi connectivity index (χ4v) is 4.24. The van der Waals surface area contributed by atoms with E-state index in [1.165, 1.54) is 0 Å². The summed E-state index contributed by atoms with van der Waals surface area (Å²) >= 11 is 0. The summed E-state index contributed by atoms with van der Waals surface area (Å²) in [6, 6.07) is 5.00. The fraction of sp³-hybridized carbons (Fsp3) is 0.550. The van der Waals surface area contributed by atoms with Gasteiger partial charge in [0, 0.05) is 19.6 Å². The summed E-state index contributed by atoms with van der Waals surface area (Å²) in [5.74, 6) is -0.855. The lowest BCUT2D eigenvalue weighted by molar-refractivity contribution is -0.146. The van der Waals surface area contributed by atoms with Crippen LogP contribution in [0.2, 0.25) is 0 Å². The first kappa shape index (κ1) is 18.7. The van der Waals surface area contributed by atoms with E-state index in [0.29, 0.717) is 24.3 Å². The summed E-state index contributed by atoms with van der Waals surface area (Å²) in [6.07, 6.45) is 1.74. The van der Waals surface area contributed by atoms with Crippen molar-refractivity contribution < 1.29 is 23.9 Å². The van der Waals surface area contributed by atoms with E-state index in [9.17, 15) is 14.4 Å². The highest BCUT2D eigenvalue weighted by Crippen LogP contribution is 2.37. The van der Waals surface area contributed by atoms with Gasteiger partial charge in [-0.2, -0.15) is 0 Å². The Morgan fingerprint density at radius 2 is 2.00 bits per heavy atom. The molecule has 8 heteroatoms. The van der Waals surface area contributed by atoms with Crippen LogP contribution in [-0.2, 0) is 19.1 Å². The van der Waals surface area contributed by atoms with Crippen LogP contribution in [0.15, 0.2) is 18.2 Å². The lowest BCUT2D eigenvalue weighted by atomic mass is 10.1. The molecule has 28 heavy (non-hydrogen) atoms. The van der Waals surface area contributed by atoms with Crippen LogP contribution in [0.1, 0.15) is 37.0 Å². The van der Waals surface area contributed by atoms with Crippen LogP contribution < -0.4 is 10.2 Å². The van der Waals surface area contributed by atoms with Gasteiger partial charge in [0.2, 0.25) is 5.91 Å². The fourth-order valence-electron chi connectivity index (χ4n) is 4.24. The number of carbonyl (C=O) groups is 3. The molecule has 0 saturated carbocycles. The van der Waals surface area contributed by atoms with Crippen molar-refractivity contribution in [3.05, 3.63) is 23.8 Å². The SMILES string of the molecule is C[C@H]1CN(C(=O)COC(=O)c2ccc3c(c2)NC(=O)[C@H]2CCCN32)C[C@H](C)O1. The van der Waals surface area contributed by atoms with Crippen LogP contribution in [0.4, 0.5) is 11.4 Å². The van der Waals surface area contributed by atoms with Gasteiger partial charge in [0.1, 0.15) is 6.04 Å². The van der Waals surface area contributed by atoms with Crippen LogP contribution in [0, 0.1) is 0 Å². The van der Waals surface area contributed by atoms with E-state index in [0.717, 1.165) is 25.1 Å². The zero-order valence-electron chi connectivity index (χ0n) is 16.1. The molecule has 0 aromatic heterocycles. The third kappa shape index (κ3) is 3.56. The second kappa shape index (κ2) is 7.43. The minimum Gasteiger partial charge on any atom is -0.452 e. The van der Waals surface area contributed by atoms with Gasteiger partial charge in [0.05, 0.1) is 29.1 Å². The predicted molar refractivity (Wildman–Crippen MR) is 102 cm³/mol. The van der Waals surface area contributed by atoms with Crippen molar-refractivity contribution in [2.75, 3.05) is 36.5 Å². The van der Waals surface area contributed by atoms with Crippen molar-refractivity contribution >= 4 is 29.2 Å². The van der Waals surface area contributed by atoms with E-state index < -0.39 is 5.97 Å². The molecule has 1 aromatic rings. The third-order valence-corrected chi connectivity index (χ3v) is 5.45. The van der Waals surface area contributed by atoms with Gasteiger partial charge in [-0.3, -0.25) is 9.59 Å². The number of esters is 1. The molecule has 2 saturated heterocycles. The van der Waals surface area contributed by atoms with E-state index in [1.807, 2.05) is 19.9 Å². The Labute approximate surface area is 163 Å². The molecule has 3 aliphatic heterocycles. The molecule has 3 atom stereocenters. The molecule has 0 radical (unpaired) electrons. The third-order valence-electron chi connectivity index (χ3n) is 5.45. The number of fused-ring (bicyclic) bond motifs is 3. The summed E-state index contributed by atoms with van der Waals surface area (Å²) in [5.41, 5.74) is 1.85. The Balaban J connectivity index is 1.40. The minimum absolute atomic E-state index is 0.0397. The molecule has 0 unspecified atom stereocenters. The minimum atomic E-state index is -0.580. The first-order valence-corrected chi connectivity index (χ1v) is 9.74. The molecular weight excluding hydrogens is 362 g/mol. The average molecular weight is 387 g/mol. The van der Waals surface area contributed by atoms with Crippen molar-refractivity contribution in [1.82, 2.24) is 4.90 Å². The monoisotopic (exact) mass is 387 g/mol. The molecule has 2 fully saturated rings. The lowest BCUT2D eigenvalue weighted by Crippen LogP contribution is -2.49.